The number of urea groups is 1. The zero-order chi connectivity index (χ0) is 13.6. The number of carbonyl (C=O) groups is 1. The summed E-state index contributed by atoms with van der Waals surface area (Å²) >= 11 is 0. The minimum atomic E-state index is -0.246. The summed E-state index contributed by atoms with van der Waals surface area (Å²) in [6.45, 7) is 6.63. The van der Waals surface area contributed by atoms with Gasteiger partial charge in [0.15, 0.2) is 0 Å². The fraction of sp³-hybridized carbons (Fsp3) is 0.500. The van der Waals surface area contributed by atoms with Crippen molar-refractivity contribution >= 4 is 11.7 Å². The van der Waals surface area contributed by atoms with E-state index in [1.807, 2.05) is 45.0 Å². The molecule has 4 nitrogen and oxygen atoms in total. The van der Waals surface area contributed by atoms with Gasteiger partial charge in [-0.3, -0.25) is 0 Å². The van der Waals surface area contributed by atoms with E-state index >= 15 is 0 Å². The lowest BCUT2D eigenvalue weighted by Crippen LogP contribution is -2.48. The van der Waals surface area contributed by atoms with Gasteiger partial charge in [-0.25, -0.2) is 4.79 Å². The summed E-state index contributed by atoms with van der Waals surface area (Å²) in [4.78, 5) is 11.9. The summed E-state index contributed by atoms with van der Waals surface area (Å²) in [6, 6.07) is 7.53. The van der Waals surface area contributed by atoms with Crippen molar-refractivity contribution in [2.24, 2.45) is 5.73 Å². The predicted octanol–water partition coefficient (Wildman–Crippen LogP) is 2.63. The standard InChI is InChI=1S/C14H23N3O/c1-4-14(3,9-10-15)17-13(18)16-12-7-5-11(2)6-8-12/h5-8H,4,9-10,15H2,1-3H3,(H2,16,17,18). The average Bonchev–Trinajstić information content (AvgIpc) is 2.32. The van der Waals surface area contributed by atoms with Gasteiger partial charge in [0.2, 0.25) is 0 Å². The largest absolute Gasteiger partial charge is 0.333 e. The van der Waals surface area contributed by atoms with E-state index in [2.05, 4.69) is 10.6 Å². The summed E-state index contributed by atoms with van der Waals surface area (Å²) in [7, 11) is 0. The molecule has 1 rings (SSSR count). The number of hydrogen-bond acceptors (Lipinski definition) is 2. The third kappa shape index (κ3) is 4.37. The van der Waals surface area contributed by atoms with Gasteiger partial charge in [-0.1, -0.05) is 24.6 Å². The molecule has 18 heavy (non-hydrogen) atoms. The molecular weight excluding hydrogens is 226 g/mol. The second-order valence-corrected chi connectivity index (χ2v) is 4.90. The fourth-order valence-corrected chi connectivity index (χ4v) is 1.72. The Morgan fingerprint density at radius 2 is 1.94 bits per heavy atom. The van der Waals surface area contributed by atoms with E-state index in [-0.39, 0.29) is 11.6 Å². The molecule has 0 spiro atoms. The number of anilines is 1. The van der Waals surface area contributed by atoms with E-state index in [0.29, 0.717) is 6.54 Å². The molecule has 4 N–H and O–H groups in total. The Hall–Kier alpha value is -1.55. The molecule has 0 heterocycles. The van der Waals surface area contributed by atoms with Crippen molar-refractivity contribution < 1.29 is 4.79 Å². The number of aryl methyl sites for hydroxylation is 1. The molecule has 0 fully saturated rings. The Morgan fingerprint density at radius 1 is 1.33 bits per heavy atom. The minimum Gasteiger partial charge on any atom is -0.333 e. The summed E-state index contributed by atoms with van der Waals surface area (Å²) in [5, 5.41) is 5.80. The first kappa shape index (κ1) is 14.5. The molecule has 0 saturated heterocycles. The van der Waals surface area contributed by atoms with Crippen molar-refractivity contribution in [2.75, 3.05) is 11.9 Å². The van der Waals surface area contributed by atoms with Crippen LogP contribution in [0.15, 0.2) is 24.3 Å². The smallest absolute Gasteiger partial charge is 0.319 e. The Balaban J connectivity index is 2.58. The Bertz CT molecular complexity index is 389. The molecule has 0 aliphatic heterocycles. The van der Waals surface area contributed by atoms with Crippen LogP contribution in [0, 0.1) is 6.92 Å². The van der Waals surface area contributed by atoms with Gasteiger partial charge < -0.3 is 16.4 Å². The highest BCUT2D eigenvalue weighted by atomic mass is 16.2. The van der Waals surface area contributed by atoms with E-state index in [4.69, 9.17) is 5.73 Å². The molecule has 1 atom stereocenters. The van der Waals surface area contributed by atoms with Gasteiger partial charge in [0.05, 0.1) is 0 Å². The Morgan fingerprint density at radius 3 is 2.44 bits per heavy atom. The predicted molar refractivity (Wildman–Crippen MR) is 75.7 cm³/mol. The van der Waals surface area contributed by atoms with Crippen LogP contribution < -0.4 is 16.4 Å². The molecule has 1 aromatic rings. The van der Waals surface area contributed by atoms with Gasteiger partial charge in [-0.05, 0) is 45.4 Å². The van der Waals surface area contributed by atoms with Crippen LogP contribution in [-0.4, -0.2) is 18.1 Å². The van der Waals surface area contributed by atoms with Crippen molar-refractivity contribution in [2.45, 2.75) is 39.2 Å². The molecule has 0 radical (unpaired) electrons. The molecule has 4 heteroatoms. The maximum Gasteiger partial charge on any atom is 0.319 e. The SMILES string of the molecule is CCC(C)(CCN)NC(=O)Nc1ccc(C)cc1. The monoisotopic (exact) mass is 249 g/mol. The number of carbonyl (C=O) groups excluding carboxylic acids is 1. The maximum absolute atomic E-state index is 11.9. The molecule has 0 aliphatic carbocycles. The van der Waals surface area contributed by atoms with Gasteiger partial charge in [0.1, 0.15) is 0 Å². The fourth-order valence-electron chi connectivity index (χ4n) is 1.72. The topological polar surface area (TPSA) is 67.1 Å². The average molecular weight is 249 g/mol. The highest BCUT2D eigenvalue weighted by Gasteiger charge is 2.23. The van der Waals surface area contributed by atoms with Crippen LogP contribution in [0.4, 0.5) is 10.5 Å². The summed E-state index contributed by atoms with van der Waals surface area (Å²) in [6.07, 6.45) is 1.62. The first-order valence-electron chi connectivity index (χ1n) is 6.35. The number of amides is 2. The number of nitrogens with two attached hydrogens (primary N) is 1. The molecule has 1 aromatic carbocycles. The lowest BCUT2D eigenvalue weighted by Gasteiger charge is -2.29. The lowest BCUT2D eigenvalue weighted by atomic mass is 9.95. The molecule has 1 unspecified atom stereocenters. The Kier molecular flexibility index (Phi) is 5.16. The first-order chi connectivity index (χ1) is 8.49. The number of nitrogens with one attached hydrogen (secondary N) is 2. The minimum absolute atomic E-state index is 0.184. The molecular formula is C14H23N3O. The van der Waals surface area contributed by atoms with Crippen LogP contribution in [0.3, 0.4) is 0 Å². The van der Waals surface area contributed by atoms with Crippen LogP contribution in [0.1, 0.15) is 32.3 Å². The van der Waals surface area contributed by atoms with Crippen molar-refractivity contribution in [3.05, 3.63) is 29.8 Å². The molecule has 0 aromatic heterocycles. The summed E-state index contributed by atoms with van der Waals surface area (Å²) in [5.74, 6) is 0. The normalized spacial score (nSPS) is 13.8. The highest BCUT2D eigenvalue weighted by molar-refractivity contribution is 5.89. The highest BCUT2D eigenvalue weighted by Crippen LogP contribution is 2.14. The van der Waals surface area contributed by atoms with E-state index < -0.39 is 0 Å². The molecule has 0 saturated carbocycles. The third-order valence-corrected chi connectivity index (χ3v) is 3.20. The molecule has 0 aliphatic rings. The van der Waals surface area contributed by atoms with Crippen molar-refractivity contribution in [3.8, 4) is 0 Å². The van der Waals surface area contributed by atoms with E-state index in [1.54, 1.807) is 0 Å². The molecule has 100 valence electrons. The molecule has 0 bridgehead atoms. The number of benzene rings is 1. The third-order valence-electron chi connectivity index (χ3n) is 3.20. The lowest BCUT2D eigenvalue weighted by molar-refractivity contribution is 0.235. The van der Waals surface area contributed by atoms with Crippen molar-refractivity contribution in [1.29, 1.82) is 0 Å². The first-order valence-corrected chi connectivity index (χ1v) is 6.35. The Labute approximate surface area is 109 Å². The van der Waals surface area contributed by atoms with Crippen LogP contribution in [0.2, 0.25) is 0 Å². The number of hydrogen-bond donors (Lipinski definition) is 3. The van der Waals surface area contributed by atoms with E-state index in [0.717, 1.165) is 18.5 Å². The number of rotatable bonds is 5. The second kappa shape index (κ2) is 6.40. The van der Waals surface area contributed by atoms with E-state index in [1.165, 1.54) is 5.56 Å². The van der Waals surface area contributed by atoms with Crippen LogP contribution in [-0.2, 0) is 0 Å². The van der Waals surface area contributed by atoms with Gasteiger partial charge in [0, 0.05) is 11.2 Å². The van der Waals surface area contributed by atoms with Gasteiger partial charge >= 0.3 is 6.03 Å². The van der Waals surface area contributed by atoms with Crippen molar-refractivity contribution in [1.82, 2.24) is 5.32 Å². The van der Waals surface area contributed by atoms with Crippen LogP contribution >= 0.6 is 0 Å². The summed E-state index contributed by atoms with van der Waals surface area (Å²) in [5.41, 5.74) is 7.28. The summed E-state index contributed by atoms with van der Waals surface area (Å²) < 4.78 is 0. The quantitative estimate of drug-likeness (QED) is 0.751. The van der Waals surface area contributed by atoms with Gasteiger partial charge in [-0.2, -0.15) is 0 Å². The van der Waals surface area contributed by atoms with Crippen LogP contribution in [0.25, 0.3) is 0 Å². The maximum atomic E-state index is 11.9. The zero-order valence-corrected chi connectivity index (χ0v) is 11.4. The zero-order valence-electron chi connectivity index (χ0n) is 11.4. The van der Waals surface area contributed by atoms with E-state index in [9.17, 15) is 4.79 Å². The van der Waals surface area contributed by atoms with Gasteiger partial charge in [0.25, 0.3) is 0 Å². The molecule has 2 amide bonds. The van der Waals surface area contributed by atoms with Crippen molar-refractivity contribution in [3.63, 3.8) is 0 Å². The van der Waals surface area contributed by atoms with Gasteiger partial charge in [-0.15, -0.1) is 0 Å². The second-order valence-electron chi connectivity index (χ2n) is 4.90. The van der Waals surface area contributed by atoms with Crippen LogP contribution in [0.5, 0.6) is 0 Å².